The molecule has 0 aromatic heterocycles. The molecule has 1 rings (SSSR count). The van der Waals surface area contributed by atoms with Gasteiger partial charge in [0, 0.05) is 43.2 Å². The number of nitrogens with two attached hydrogens (primary N) is 1. The Labute approximate surface area is 116 Å². The molecule has 0 saturated carbocycles. The highest BCUT2D eigenvalue weighted by molar-refractivity contribution is 5.61. The van der Waals surface area contributed by atoms with Gasteiger partial charge in [-0.05, 0) is 26.3 Å². The lowest BCUT2D eigenvalue weighted by molar-refractivity contribution is 0.182. The average molecular weight is 266 g/mol. The fraction of sp³-hybridized carbons (Fsp3) is 0.600. The summed E-state index contributed by atoms with van der Waals surface area (Å²) < 4.78 is 10.9. The number of nitrogen functional groups attached to an aromatic ring is 1. The molecule has 19 heavy (non-hydrogen) atoms. The Bertz CT molecular complexity index is 382. The molecule has 0 aliphatic carbocycles. The molecule has 0 fully saturated rings. The molecule has 0 aliphatic rings. The van der Waals surface area contributed by atoms with Crippen molar-refractivity contribution in [3.63, 3.8) is 0 Å². The van der Waals surface area contributed by atoms with Gasteiger partial charge in [0.05, 0.1) is 13.2 Å². The summed E-state index contributed by atoms with van der Waals surface area (Å²) in [5.74, 6) is 0.833. The first-order chi connectivity index (χ1) is 9.12. The third kappa shape index (κ3) is 4.63. The number of likely N-dealkylation sites (N-methyl/N-ethyl adjacent to an activating group) is 1. The number of nitrogens with zero attached hydrogens (tertiary/aromatic N) is 1. The van der Waals surface area contributed by atoms with E-state index in [4.69, 9.17) is 15.2 Å². The maximum absolute atomic E-state index is 5.96. The van der Waals surface area contributed by atoms with Crippen molar-refractivity contribution in [3.05, 3.63) is 18.2 Å². The summed E-state index contributed by atoms with van der Waals surface area (Å²) in [5.41, 5.74) is 7.77. The van der Waals surface area contributed by atoms with Crippen molar-refractivity contribution in [3.8, 4) is 5.75 Å². The van der Waals surface area contributed by atoms with Crippen LogP contribution in [0, 0.1) is 0 Å². The lowest BCUT2D eigenvalue weighted by atomic mass is 10.2. The van der Waals surface area contributed by atoms with Crippen LogP contribution in [-0.4, -0.2) is 32.9 Å². The van der Waals surface area contributed by atoms with Crippen molar-refractivity contribution in [2.45, 2.75) is 33.2 Å². The second kappa shape index (κ2) is 7.89. The molecule has 0 aliphatic heterocycles. The van der Waals surface area contributed by atoms with E-state index in [-0.39, 0.29) is 0 Å². The molecule has 0 saturated heterocycles. The SMILES string of the molecule is CCCOc1cc(N)cc(N(CC)C(C)COC)c1. The highest BCUT2D eigenvalue weighted by Crippen LogP contribution is 2.27. The number of hydrogen-bond donors (Lipinski definition) is 1. The molecule has 1 atom stereocenters. The molecule has 1 aromatic rings. The number of hydrogen-bond acceptors (Lipinski definition) is 4. The summed E-state index contributed by atoms with van der Waals surface area (Å²) in [6.07, 6.45) is 0.988. The van der Waals surface area contributed by atoms with Gasteiger partial charge in [0.15, 0.2) is 0 Å². The van der Waals surface area contributed by atoms with E-state index >= 15 is 0 Å². The first kappa shape index (κ1) is 15.6. The van der Waals surface area contributed by atoms with Gasteiger partial charge in [-0.3, -0.25) is 0 Å². The molecule has 0 bridgehead atoms. The molecule has 4 nitrogen and oxygen atoms in total. The van der Waals surface area contributed by atoms with Crippen molar-refractivity contribution in [1.82, 2.24) is 0 Å². The second-order valence-corrected chi connectivity index (χ2v) is 4.70. The molecule has 0 radical (unpaired) electrons. The standard InChI is InChI=1S/C15H26N2O2/c1-5-7-19-15-9-13(16)8-14(10-15)17(6-2)12(3)11-18-4/h8-10,12H,5-7,11,16H2,1-4H3. The van der Waals surface area contributed by atoms with Crippen molar-refractivity contribution >= 4 is 11.4 Å². The van der Waals surface area contributed by atoms with E-state index in [0.29, 0.717) is 19.3 Å². The Balaban J connectivity index is 2.92. The molecule has 108 valence electrons. The number of anilines is 2. The predicted molar refractivity (Wildman–Crippen MR) is 81.0 cm³/mol. The third-order valence-corrected chi connectivity index (χ3v) is 3.00. The summed E-state index contributed by atoms with van der Waals surface area (Å²) in [7, 11) is 1.72. The Kier molecular flexibility index (Phi) is 6.50. The Hall–Kier alpha value is -1.42. The van der Waals surface area contributed by atoms with E-state index in [1.54, 1.807) is 7.11 Å². The molecule has 0 heterocycles. The quantitative estimate of drug-likeness (QED) is 0.735. The molecule has 0 amide bonds. The zero-order chi connectivity index (χ0) is 14.3. The van der Waals surface area contributed by atoms with E-state index < -0.39 is 0 Å². The Morgan fingerprint density at radius 3 is 2.58 bits per heavy atom. The maximum Gasteiger partial charge on any atom is 0.123 e. The van der Waals surface area contributed by atoms with Crippen molar-refractivity contribution in [2.24, 2.45) is 0 Å². The second-order valence-electron chi connectivity index (χ2n) is 4.70. The van der Waals surface area contributed by atoms with Crippen LogP contribution in [-0.2, 0) is 4.74 Å². The van der Waals surface area contributed by atoms with Gasteiger partial charge in [0.1, 0.15) is 5.75 Å². The van der Waals surface area contributed by atoms with E-state index in [0.717, 1.165) is 30.1 Å². The molecule has 0 spiro atoms. The van der Waals surface area contributed by atoms with Gasteiger partial charge >= 0.3 is 0 Å². The van der Waals surface area contributed by atoms with Crippen molar-refractivity contribution in [1.29, 1.82) is 0 Å². The number of benzene rings is 1. The molecule has 1 aromatic carbocycles. The summed E-state index contributed by atoms with van der Waals surface area (Å²) in [6.45, 7) is 8.66. The van der Waals surface area contributed by atoms with E-state index in [1.165, 1.54) is 0 Å². The summed E-state index contributed by atoms with van der Waals surface area (Å²) >= 11 is 0. The molecular weight excluding hydrogens is 240 g/mol. The molecule has 2 N–H and O–H groups in total. The van der Waals surface area contributed by atoms with Gasteiger partial charge in [-0.15, -0.1) is 0 Å². The fourth-order valence-corrected chi connectivity index (χ4v) is 2.15. The van der Waals surface area contributed by atoms with Gasteiger partial charge in [-0.1, -0.05) is 6.92 Å². The average Bonchev–Trinajstić information content (AvgIpc) is 2.37. The highest BCUT2D eigenvalue weighted by Gasteiger charge is 2.14. The van der Waals surface area contributed by atoms with Crippen LogP contribution in [0.5, 0.6) is 5.75 Å². The first-order valence-electron chi connectivity index (χ1n) is 6.91. The summed E-state index contributed by atoms with van der Waals surface area (Å²) in [4.78, 5) is 2.26. The lowest BCUT2D eigenvalue weighted by Crippen LogP contribution is -2.36. The van der Waals surface area contributed by atoms with Crippen LogP contribution < -0.4 is 15.4 Å². The van der Waals surface area contributed by atoms with Crippen LogP contribution >= 0.6 is 0 Å². The molecule has 1 unspecified atom stereocenters. The highest BCUT2D eigenvalue weighted by atomic mass is 16.5. The van der Waals surface area contributed by atoms with Crippen molar-refractivity contribution < 1.29 is 9.47 Å². The van der Waals surface area contributed by atoms with E-state index in [2.05, 4.69) is 25.7 Å². The number of rotatable bonds is 8. The predicted octanol–water partition coefficient (Wildman–Crippen LogP) is 2.92. The third-order valence-electron chi connectivity index (χ3n) is 3.00. The van der Waals surface area contributed by atoms with Crippen LogP contribution in [0.15, 0.2) is 18.2 Å². The van der Waals surface area contributed by atoms with E-state index in [9.17, 15) is 0 Å². The van der Waals surface area contributed by atoms with Gasteiger partial charge < -0.3 is 20.1 Å². The largest absolute Gasteiger partial charge is 0.493 e. The minimum absolute atomic E-state index is 0.302. The Morgan fingerprint density at radius 1 is 1.26 bits per heavy atom. The summed E-state index contributed by atoms with van der Waals surface area (Å²) in [6, 6.07) is 6.19. The van der Waals surface area contributed by atoms with Crippen LogP contribution in [0.4, 0.5) is 11.4 Å². The van der Waals surface area contributed by atoms with Gasteiger partial charge in [0.25, 0.3) is 0 Å². The fourth-order valence-electron chi connectivity index (χ4n) is 2.15. The van der Waals surface area contributed by atoms with Crippen LogP contribution in [0.1, 0.15) is 27.2 Å². The van der Waals surface area contributed by atoms with Gasteiger partial charge in [-0.2, -0.15) is 0 Å². The zero-order valence-electron chi connectivity index (χ0n) is 12.5. The maximum atomic E-state index is 5.96. The minimum atomic E-state index is 0.302. The van der Waals surface area contributed by atoms with Gasteiger partial charge in [-0.25, -0.2) is 0 Å². The normalized spacial score (nSPS) is 12.2. The minimum Gasteiger partial charge on any atom is -0.493 e. The van der Waals surface area contributed by atoms with Gasteiger partial charge in [0.2, 0.25) is 0 Å². The van der Waals surface area contributed by atoms with Crippen LogP contribution in [0.25, 0.3) is 0 Å². The summed E-state index contributed by atoms with van der Waals surface area (Å²) in [5, 5.41) is 0. The first-order valence-corrected chi connectivity index (χ1v) is 6.91. The number of ether oxygens (including phenoxy) is 2. The molecular formula is C15H26N2O2. The van der Waals surface area contributed by atoms with Crippen LogP contribution in [0.2, 0.25) is 0 Å². The number of methoxy groups -OCH3 is 1. The van der Waals surface area contributed by atoms with Crippen molar-refractivity contribution in [2.75, 3.05) is 37.5 Å². The van der Waals surface area contributed by atoms with E-state index in [1.807, 2.05) is 18.2 Å². The monoisotopic (exact) mass is 266 g/mol. The smallest absolute Gasteiger partial charge is 0.123 e. The lowest BCUT2D eigenvalue weighted by Gasteiger charge is -2.30. The zero-order valence-corrected chi connectivity index (χ0v) is 12.5. The molecule has 4 heteroatoms. The topological polar surface area (TPSA) is 47.7 Å². The Morgan fingerprint density at radius 2 is 2.00 bits per heavy atom. The van der Waals surface area contributed by atoms with Crippen LogP contribution in [0.3, 0.4) is 0 Å².